The summed E-state index contributed by atoms with van der Waals surface area (Å²) in [5.41, 5.74) is 0.881. The third kappa shape index (κ3) is 5.30. The highest BCUT2D eigenvalue weighted by Gasteiger charge is 2.26. The first-order chi connectivity index (χ1) is 14.2. The molecule has 0 heterocycles. The zero-order valence-corrected chi connectivity index (χ0v) is 16.7. The van der Waals surface area contributed by atoms with Crippen molar-refractivity contribution in [1.29, 1.82) is 0 Å². The summed E-state index contributed by atoms with van der Waals surface area (Å²) >= 11 is 0. The second kappa shape index (κ2) is 8.87. The number of halogens is 1. The second-order valence-corrected chi connectivity index (χ2v) is 8.50. The molecule has 3 rings (SSSR count). The lowest BCUT2D eigenvalue weighted by molar-refractivity contribution is -0.125. The molecule has 0 aliphatic heterocycles. The molecule has 0 spiro atoms. The van der Waals surface area contributed by atoms with Gasteiger partial charge in [-0.1, -0.05) is 30.3 Å². The number of benzene rings is 3. The van der Waals surface area contributed by atoms with E-state index in [2.05, 4.69) is 5.32 Å². The topological polar surface area (TPSA) is 89.5 Å². The van der Waals surface area contributed by atoms with E-state index in [9.17, 15) is 22.4 Å². The Morgan fingerprint density at radius 2 is 1.50 bits per heavy atom. The van der Waals surface area contributed by atoms with Gasteiger partial charge in [-0.05, 0) is 48.5 Å². The summed E-state index contributed by atoms with van der Waals surface area (Å²) in [6, 6.07) is 18.8. The molecule has 0 unspecified atom stereocenters. The molecule has 0 bridgehead atoms. The van der Waals surface area contributed by atoms with Crippen molar-refractivity contribution in [3.63, 3.8) is 0 Å². The normalized spacial score (nSPS) is 12.1. The fourth-order valence-corrected chi connectivity index (χ4v) is 3.29. The first-order valence-corrected chi connectivity index (χ1v) is 10.8. The van der Waals surface area contributed by atoms with Gasteiger partial charge in [0.05, 0.1) is 10.5 Å². The van der Waals surface area contributed by atoms with Gasteiger partial charge in [-0.3, -0.25) is 4.79 Å². The van der Waals surface area contributed by atoms with Crippen LogP contribution in [-0.2, 0) is 19.4 Å². The molecule has 0 aliphatic rings. The van der Waals surface area contributed by atoms with Gasteiger partial charge in [0.2, 0.25) is 6.10 Å². The highest BCUT2D eigenvalue weighted by Crippen LogP contribution is 2.22. The molecule has 0 fully saturated rings. The number of sulfone groups is 1. The van der Waals surface area contributed by atoms with Gasteiger partial charge < -0.3 is 10.1 Å². The Bertz CT molecular complexity index is 1140. The number of anilines is 1. The molecule has 0 saturated heterocycles. The predicted octanol–water partition coefficient (Wildman–Crippen LogP) is 3.77. The van der Waals surface area contributed by atoms with E-state index in [1.807, 2.05) is 0 Å². The van der Waals surface area contributed by atoms with Crippen molar-refractivity contribution < 1.29 is 27.1 Å². The third-order valence-electron chi connectivity index (χ3n) is 4.20. The maximum Gasteiger partial charge on any atom is 0.339 e. The quantitative estimate of drug-likeness (QED) is 0.605. The highest BCUT2D eigenvalue weighted by atomic mass is 32.2. The predicted molar refractivity (Wildman–Crippen MR) is 109 cm³/mol. The van der Waals surface area contributed by atoms with Crippen LogP contribution in [0.15, 0.2) is 83.8 Å². The molecule has 0 radical (unpaired) electrons. The van der Waals surface area contributed by atoms with Gasteiger partial charge in [-0.25, -0.2) is 17.6 Å². The number of amides is 1. The van der Waals surface area contributed by atoms with Crippen molar-refractivity contribution in [2.45, 2.75) is 11.0 Å². The van der Waals surface area contributed by atoms with Gasteiger partial charge in [0.1, 0.15) is 5.82 Å². The summed E-state index contributed by atoms with van der Waals surface area (Å²) < 4.78 is 41.7. The Balaban J connectivity index is 1.83. The molecule has 3 aromatic carbocycles. The van der Waals surface area contributed by atoms with E-state index in [1.54, 1.807) is 30.3 Å². The van der Waals surface area contributed by atoms with E-state index >= 15 is 0 Å². The lowest BCUT2D eigenvalue weighted by Gasteiger charge is -2.18. The summed E-state index contributed by atoms with van der Waals surface area (Å²) in [6.07, 6.45) is -0.204. The molecule has 30 heavy (non-hydrogen) atoms. The van der Waals surface area contributed by atoms with Gasteiger partial charge in [0.15, 0.2) is 9.84 Å². The Kier molecular flexibility index (Phi) is 6.27. The van der Waals surface area contributed by atoms with Crippen LogP contribution in [0.3, 0.4) is 0 Å². The van der Waals surface area contributed by atoms with Gasteiger partial charge >= 0.3 is 5.97 Å². The molecule has 1 amide bonds. The minimum absolute atomic E-state index is 0.0627. The molecule has 154 valence electrons. The molecule has 0 aliphatic carbocycles. The minimum Gasteiger partial charge on any atom is -0.444 e. The molecule has 1 atom stereocenters. The molecule has 6 nitrogen and oxygen atoms in total. The van der Waals surface area contributed by atoms with Gasteiger partial charge in [-0.15, -0.1) is 0 Å². The van der Waals surface area contributed by atoms with E-state index in [-0.39, 0.29) is 10.5 Å². The molecule has 3 aromatic rings. The molecule has 0 saturated carbocycles. The van der Waals surface area contributed by atoms with Gasteiger partial charge in [-0.2, -0.15) is 0 Å². The fourth-order valence-electron chi connectivity index (χ4n) is 2.66. The number of hydrogen-bond donors (Lipinski definition) is 1. The molecular weight excluding hydrogens is 409 g/mol. The number of carbonyl (C=O) groups excluding carboxylic acids is 2. The van der Waals surface area contributed by atoms with Crippen molar-refractivity contribution in [1.82, 2.24) is 0 Å². The average Bonchev–Trinajstić information content (AvgIpc) is 2.73. The first-order valence-electron chi connectivity index (χ1n) is 8.86. The van der Waals surface area contributed by atoms with Crippen LogP contribution in [0.25, 0.3) is 0 Å². The largest absolute Gasteiger partial charge is 0.444 e. The number of esters is 1. The summed E-state index contributed by atoms with van der Waals surface area (Å²) in [6.45, 7) is 0. The van der Waals surface area contributed by atoms with E-state index in [1.165, 1.54) is 48.5 Å². The maximum atomic E-state index is 13.1. The van der Waals surface area contributed by atoms with Crippen LogP contribution in [0.4, 0.5) is 10.1 Å². The summed E-state index contributed by atoms with van der Waals surface area (Å²) in [7, 11) is -3.41. The van der Waals surface area contributed by atoms with E-state index in [4.69, 9.17) is 4.74 Å². The molecule has 1 N–H and O–H groups in total. The van der Waals surface area contributed by atoms with Crippen LogP contribution >= 0.6 is 0 Å². The lowest BCUT2D eigenvalue weighted by atomic mass is 10.1. The van der Waals surface area contributed by atoms with E-state index < -0.39 is 33.6 Å². The van der Waals surface area contributed by atoms with Crippen molar-refractivity contribution in [2.24, 2.45) is 0 Å². The van der Waals surface area contributed by atoms with Crippen LogP contribution in [0, 0.1) is 5.82 Å². The SMILES string of the molecule is CS(=O)(=O)c1ccc(C(=O)O[C@@H](C(=O)Nc2ccc(F)cc2)c2ccccc2)cc1. The smallest absolute Gasteiger partial charge is 0.339 e. The highest BCUT2D eigenvalue weighted by molar-refractivity contribution is 7.90. The minimum atomic E-state index is -3.41. The van der Waals surface area contributed by atoms with Crippen LogP contribution in [0.5, 0.6) is 0 Å². The zero-order chi connectivity index (χ0) is 21.7. The van der Waals surface area contributed by atoms with Crippen molar-refractivity contribution in [2.75, 3.05) is 11.6 Å². The Labute approximate surface area is 173 Å². The first kappa shape index (κ1) is 21.2. The fraction of sp³-hybridized carbons (Fsp3) is 0.0909. The van der Waals surface area contributed by atoms with Crippen molar-refractivity contribution >= 4 is 27.4 Å². The zero-order valence-electron chi connectivity index (χ0n) is 15.9. The number of nitrogens with one attached hydrogen (secondary N) is 1. The Morgan fingerprint density at radius 1 is 0.900 bits per heavy atom. The molecular formula is C22H18FNO5S. The molecule has 0 aromatic heterocycles. The average molecular weight is 427 g/mol. The number of rotatable bonds is 6. The van der Waals surface area contributed by atoms with Crippen LogP contribution in [0.1, 0.15) is 22.0 Å². The van der Waals surface area contributed by atoms with Crippen LogP contribution < -0.4 is 5.32 Å². The van der Waals surface area contributed by atoms with E-state index in [0.717, 1.165) is 6.26 Å². The van der Waals surface area contributed by atoms with Crippen LogP contribution in [0.2, 0.25) is 0 Å². The standard InChI is InChI=1S/C22H18FNO5S/c1-30(27,28)19-13-7-16(8-14-19)22(26)29-20(15-5-3-2-4-6-15)21(25)24-18-11-9-17(23)10-12-18/h2-14,20H,1H3,(H,24,25)/t20-/m1/s1. The van der Waals surface area contributed by atoms with Crippen molar-refractivity contribution in [3.8, 4) is 0 Å². The lowest BCUT2D eigenvalue weighted by Crippen LogP contribution is -2.26. The van der Waals surface area contributed by atoms with Gasteiger partial charge in [0.25, 0.3) is 5.91 Å². The number of ether oxygens (including phenoxy) is 1. The molecule has 8 heteroatoms. The second-order valence-electron chi connectivity index (χ2n) is 6.49. The number of hydrogen-bond acceptors (Lipinski definition) is 5. The monoisotopic (exact) mass is 427 g/mol. The summed E-state index contributed by atoms with van der Waals surface area (Å²) in [5, 5.41) is 2.59. The van der Waals surface area contributed by atoms with Crippen LogP contribution in [-0.4, -0.2) is 26.6 Å². The number of carbonyl (C=O) groups is 2. The summed E-state index contributed by atoms with van der Waals surface area (Å²) in [4.78, 5) is 25.4. The van der Waals surface area contributed by atoms with Crippen molar-refractivity contribution in [3.05, 3.63) is 95.8 Å². The van der Waals surface area contributed by atoms with E-state index in [0.29, 0.717) is 11.3 Å². The Hall–Kier alpha value is -3.52. The third-order valence-corrected chi connectivity index (χ3v) is 5.32. The maximum absolute atomic E-state index is 13.1. The Morgan fingerprint density at radius 3 is 2.07 bits per heavy atom. The van der Waals surface area contributed by atoms with Gasteiger partial charge in [0, 0.05) is 17.5 Å². The summed E-state index contributed by atoms with van der Waals surface area (Å²) in [5.74, 6) is -1.86.